The molecular weight excluding hydrogens is 515 g/mol. The normalized spacial score (nSPS) is 25.2. The van der Waals surface area contributed by atoms with E-state index in [1.165, 1.54) is 31.4 Å². The maximum Gasteiger partial charge on any atom is 0.193 e. The van der Waals surface area contributed by atoms with E-state index >= 15 is 0 Å². The van der Waals surface area contributed by atoms with Gasteiger partial charge in [-0.05, 0) is 56.6 Å². The fraction of sp³-hybridized carbons (Fsp3) is 0.720. The fourth-order valence-corrected chi connectivity index (χ4v) is 5.41. The molecule has 0 saturated carbocycles. The quantitative estimate of drug-likeness (QED) is 0.240. The predicted octanol–water partition coefficient (Wildman–Crippen LogP) is 3.75. The molecule has 32 heavy (non-hydrogen) atoms. The number of guanidine groups is 1. The Morgan fingerprint density at radius 3 is 2.72 bits per heavy atom. The van der Waals surface area contributed by atoms with Crippen molar-refractivity contribution in [3.05, 3.63) is 35.9 Å². The first kappa shape index (κ1) is 25.7. The Kier molecular flexibility index (Phi) is 11.0. The van der Waals surface area contributed by atoms with Crippen molar-refractivity contribution in [2.75, 3.05) is 53.0 Å². The minimum atomic E-state index is 0. The van der Waals surface area contributed by atoms with Crippen molar-refractivity contribution in [2.24, 2.45) is 10.9 Å². The Hall–Kier alpha value is -0.900. The summed E-state index contributed by atoms with van der Waals surface area (Å²) in [5, 5.41) is 3.58. The second-order valence-corrected chi connectivity index (χ2v) is 9.17. The van der Waals surface area contributed by atoms with Gasteiger partial charge in [-0.15, -0.1) is 24.0 Å². The summed E-state index contributed by atoms with van der Waals surface area (Å²) < 4.78 is 11.4. The highest BCUT2D eigenvalue weighted by Gasteiger charge is 2.36. The first-order valence-corrected chi connectivity index (χ1v) is 12.3. The number of hydrogen-bond donors (Lipinski definition) is 1. The van der Waals surface area contributed by atoms with Crippen molar-refractivity contribution >= 4 is 29.9 Å². The minimum Gasteiger partial charge on any atom is -0.381 e. The third-order valence-corrected chi connectivity index (χ3v) is 7.05. The molecule has 7 heteroatoms. The Balaban J connectivity index is 0.00000289. The first-order chi connectivity index (χ1) is 15.3. The van der Waals surface area contributed by atoms with Gasteiger partial charge in [0.2, 0.25) is 0 Å². The molecule has 1 aromatic carbocycles. The summed E-state index contributed by atoms with van der Waals surface area (Å²) in [7, 11) is 1.91. The highest BCUT2D eigenvalue weighted by Crippen LogP contribution is 2.31. The van der Waals surface area contributed by atoms with Gasteiger partial charge in [0.25, 0.3) is 0 Å². The van der Waals surface area contributed by atoms with E-state index in [0.29, 0.717) is 12.1 Å². The first-order valence-electron chi connectivity index (χ1n) is 12.3. The van der Waals surface area contributed by atoms with Gasteiger partial charge < -0.3 is 19.7 Å². The van der Waals surface area contributed by atoms with Gasteiger partial charge >= 0.3 is 0 Å². The van der Waals surface area contributed by atoms with E-state index in [0.717, 1.165) is 77.1 Å². The van der Waals surface area contributed by atoms with E-state index < -0.39 is 0 Å². The summed E-state index contributed by atoms with van der Waals surface area (Å²) in [4.78, 5) is 9.79. The maximum atomic E-state index is 6.00. The summed E-state index contributed by atoms with van der Waals surface area (Å²) >= 11 is 0. The molecule has 3 fully saturated rings. The van der Waals surface area contributed by atoms with Gasteiger partial charge in [0.15, 0.2) is 5.96 Å². The lowest BCUT2D eigenvalue weighted by atomic mass is 9.83. The van der Waals surface area contributed by atoms with Gasteiger partial charge in [0, 0.05) is 59.1 Å². The van der Waals surface area contributed by atoms with Crippen molar-refractivity contribution < 1.29 is 9.47 Å². The SMILES string of the molecule is CN=C(NCCCOC1CCOCC1)N1CCC2C(CCCN2Cc2ccccc2)C1.I. The number of benzene rings is 1. The van der Waals surface area contributed by atoms with Crippen molar-refractivity contribution in [1.29, 1.82) is 0 Å². The molecule has 1 N–H and O–H groups in total. The molecule has 0 spiro atoms. The van der Waals surface area contributed by atoms with Crippen molar-refractivity contribution in [1.82, 2.24) is 15.1 Å². The fourth-order valence-electron chi connectivity index (χ4n) is 5.41. The molecule has 3 aliphatic rings. The molecule has 2 atom stereocenters. The molecule has 2 unspecified atom stereocenters. The average molecular weight is 557 g/mol. The van der Waals surface area contributed by atoms with Crippen LogP contribution in [0.3, 0.4) is 0 Å². The summed E-state index contributed by atoms with van der Waals surface area (Å²) in [6.07, 6.45) is 7.34. The number of hydrogen-bond acceptors (Lipinski definition) is 4. The Morgan fingerprint density at radius 1 is 1.12 bits per heavy atom. The maximum absolute atomic E-state index is 6.00. The lowest BCUT2D eigenvalue weighted by molar-refractivity contribution is -0.0320. The lowest BCUT2D eigenvalue weighted by Gasteiger charge is -2.48. The molecule has 0 bridgehead atoms. The zero-order valence-corrected chi connectivity index (χ0v) is 21.9. The van der Waals surface area contributed by atoms with Crippen LogP contribution < -0.4 is 5.32 Å². The molecule has 3 aliphatic heterocycles. The van der Waals surface area contributed by atoms with Crippen LogP contribution in [-0.4, -0.2) is 81.0 Å². The number of nitrogens with zero attached hydrogens (tertiary/aromatic N) is 3. The van der Waals surface area contributed by atoms with Crippen LogP contribution in [0.15, 0.2) is 35.3 Å². The van der Waals surface area contributed by atoms with Gasteiger partial charge in [-0.1, -0.05) is 30.3 Å². The number of nitrogens with one attached hydrogen (secondary N) is 1. The minimum absolute atomic E-state index is 0. The molecule has 6 nitrogen and oxygen atoms in total. The third kappa shape index (κ3) is 7.30. The van der Waals surface area contributed by atoms with E-state index in [-0.39, 0.29) is 24.0 Å². The molecule has 0 radical (unpaired) electrons. The monoisotopic (exact) mass is 556 g/mol. The molecule has 0 aromatic heterocycles. The molecular formula is C25H41IN4O2. The summed E-state index contributed by atoms with van der Waals surface area (Å²) in [5.74, 6) is 1.80. The van der Waals surface area contributed by atoms with E-state index in [9.17, 15) is 0 Å². The smallest absolute Gasteiger partial charge is 0.193 e. The van der Waals surface area contributed by atoms with Crippen molar-refractivity contribution in [3.8, 4) is 0 Å². The highest BCUT2D eigenvalue weighted by atomic mass is 127. The third-order valence-electron chi connectivity index (χ3n) is 7.05. The number of fused-ring (bicyclic) bond motifs is 1. The standard InChI is InChI=1S/C25H40N4O2.HI/c1-26-25(27-13-6-16-31-23-11-17-30-18-12-23)29-15-10-24-22(20-29)9-5-14-28(24)19-21-7-3-2-4-8-21;/h2-4,7-8,22-24H,5-6,9-20H2,1H3,(H,26,27);1H. The van der Waals surface area contributed by atoms with Gasteiger partial charge in [-0.3, -0.25) is 9.89 Å². The van der Waals surface area contributed by atoms with Crippen LogP contribution in [0.2, 0.25) is 0 Å². The summed E-state index contributed by atoms with van der Waals surface area (Å²) in [5.41, 5.74) is 1.44. The number of likely N-dealkylation sites (tertiary alicyclic amines) is 2. The molecule has 180 valence electrons. The van der Waals surface area contributed by atoms with Crippen LogP contribution in [0.4, 0.5) is 0 Å². The van der Waals surface area contributed by atoms with Gasteiger partial charge in [-0.25, -0.2) is 0 Å². The van der Waals surface area contributed by atoms with Crippen molar-refractivity contribution in [3.63, 3.8) is 0 Å². The van der Waals surface area contributed by atoms with Crippen LogP contribution in [0.25, 0.3) is 0 Å². The van der Waals surface area contributed by atoms with Crippen LogP contribution in [0.5, 0.6) is 0 Å². The predicted molar refractivity (Wildman–Crippen MR) is 141 cm³/mol. The second kappa shape index (κ2) is 13.7. The molecule has 3 saturated heterocycles. The molecule has 4 rings (SSSR count). The zero-order chi connectivity index (χ0) is 21.3. The molecule has 0 aliphatic carbocycles. The average Bonchev–Trinajstić information content (AvgIpc) is 2.83. The van der Waals surface area contributed by atoms with Gasteiger partial charge in [-0.2, -0.15) is 0 Å². The molecule has 0 amide bonds. The number of halogens is 1. The zero-order valence-electron chi connectivity index (χ0n) is 19.6. The van der Waals surface area contributed by atoms with Gasteiger partial charge in [0.05, 0.1) is 6.10 Å². The number of rotatable bonds is 7. The summed E-state index contributed by atoms with van der Waals surface area (Å²) in [6, 6.07) is 11.6. The van der Waals surface area contributed by atoms with Crippen LogP contribution in [0, 0.1) is 5.92 Å². The van der Waals surface area contributed by atoms with E-state index in [4.69, 9.17) is 9.47 Å². The number of piperidine rings is 2. The molecule has 3 heterocycles. The van der Waals surface area contributed by atoms with Crippen LogP contribution in [-0.2, 0) is 16.0 Å². The Labute approximate surface area is 211 Å². The van der Waals surface area contributed by atoms with E-state index in [2.05, 4.69) is 50.4 Å². The van der Waals surface area contributed by atoms with Crippen LogP contribution in [0.1, 0.15) is 44.1 Å². The Bertz CT molecular complexity index is 684. The molecule has 1 aromatic rings. The largest absolute Gasteiger partial charge is 0.381 e. The van der Waals surface area contributed by atoms with Crippen LogP contribution >= 0.6 is 24.0 Å². The van der Waals surface area contributed by atoms with Gasteiger partial charge in [0.1, 0.15) is 0 Å². The summed E-state index contributed by atoms with van der Waals surface area (Å²) in [6.45, 7) is 7.94. The van der Waals surface area contributed by atoms with E-state index in [1.807, 2.05) is 7.05 Å². The van der Waals surface area contributed by atoms with Crippen molar-refractivity contribution in [2.45, 2.75) is 57.2 Å². The topological polar surface area (TPSA) is 49.3 Å². The lowest BCUT2D eigenvalue weighted by Crippen LogP contribution is -2.56. The Morgan fingerprint density at radius 2 is 1.94 bits per heavy atom. The second-order valence-electron chi connectivity index (χ2n) is 9.17. The number of ether oxygens (including phenoxy) is 2. The number of aliphatic imine (C=N–C) groups is 1. The van der Waals surface area contributed by atoms with E-state index in [1.54, 1.807) is 0 Å². The highest BCUT2D eigenvalue weighted by molar-refractivity contribution is 14.0.